The van der Waals surface area contributed by atoms with Gasteiger partial charge in [-0.25, -0.2) is 0 Å². The van der Waals surface area contributed by atoms with Gasteiger partial charge in [0.1, 0.15) is 0 Å². The highest BCUT2D eigenvalue weighted by Gasteiger charge is 2.50. The standard InChI is InChI=1S/C28H44O/c1-19(2)20(3)9-10-22(5)26-15-16-27-23(8-7-17-28(26,27)6)12-13-24-18-25(29)14-11-21(24)4/h9-10,12-13,19-20,22,25-27,29H,4,7-8,11,14-18H2,1-3,5-6H3/t20-,22+,25-,26?,27?,28?/m0/s1. The maximum absolute atomic E-state index is 10.0. The molecular formula is C28H44O. The lowest BCUT2D eigenvalue weighted by atomic mass is 9.61. The zero-order valence-corrected chi connectivity index (χ0v) is 19.6. The zero-order valence-electron chi connectivity index (χ0n) is 19.6. The lowest BCUT2D eigenvalue weighted by Gasteiger charge is -2.44. The van der Waals surface area contributed by atoms with E-state index >= 15 is 0 Å². The number of fused-ring (bicyclic) bond motifs is 1. The first-order valence-electron chi connectivity index (χ1n) is 12.2. The molecule has 3 rings (SSSR count). The second-order valence-electron chi connectivity index (χ2n) is 10.9. The fourth-order valence-electron chi connectivity index (χ4n) is 6.25. The van der Waals surface area contributed by atoms with Gasteiger partial charge in [0, 0.05) is 0 Å². The summed E-state index contributed by atoms with van der Waals surface area (Å²) >= 11 is 0. The Morgan fingerprint density at radius 3 is 2.52 bits per heavy atom. The van der Waals surface area contributed by atoms with Crippen LogP contribution in [-0.2, 0) is 0 Å². The Hall–Kier alpha value is -1.08. The van der Waals surface area contributed by atoms with Crippen LogP contribution in [0.2, 0.25) is 0 Å². The minimum Gasteiger partial charge on any atom is -0.393 e. The number of aliphatic hydroxyl groups is 1. The van der Waals surface area contributed by atoms with E-state index in [2.05, 4.69) is 65.5 Å². The van der Waals surface area contributed by atoms with Crippen LogP contribution in [0, 0.1) is 35.0 Å². The van der Waals surface area contributed by atoms with Gasteiger partial charge in [0.15, 0.2) is 0 Å². The van der Waals surface area contributed by atoms with Gasteiger partial charge in [-0.15, -0.1) is 0 Å². The number of allylic oxidation sites excluding steroid dienone is 6. The van der Waals surface area contributed by atoms with Gasteiger partial charge in [-0.05, 0) is 91.9 Å². The Morgan fingerprint density at radius 1 is 1.03 bits per heavy atom. The molecule has 0 spiro atoms. The molecule has 0 saturated heterocycles. The molecule has 162 valence electrons. The van der Waals surface area contributed by atoms with Crippen molar-refractivity contribution in [3.05, 3.63) is 47.6 Å². The molecule has 29 heavy (non-hydrogen) atoms. The summed E-state index contributed by atoms with van der Waals surface area (Å²) < 4.78 is 0. The van der Waals surface area contributed by atoms with Crippen molar-refractivity contribution in [3.63, 3.8) is 0 Å². The number of hydrogen-bond acceptors (Lipinski definition) is 1. The van der Waals surface area contributed by atoms with Crippen molar-refractivity contribution in [1.82, 2.24) is 0 Å². The van der Waals surface area contributed by atoms with Gasteiger partial charge in [-0.3, -0.25) is 0 Å². The molecule has 0 aromatic carbocycles. The molecule has 3 fully saturated rings. The first kappa shape index (κ1) is 22.6. The van der Waals surface area contributed by atoms with Crippen LogP contribution in [0.25, 0.3) is 0 Å². The number of hydrogen-bond donors (Lipinski definition) is 1. The lowest BCUT2D eigenvalue weighted by Crippen LogP contribution is -2.35. The van der Waals surface area contributed by atoms with Gasteiger partial charge in [0.25, 0.3) is 0 Å². The van der Waals surface area contributed by atoms with Crippen LogP contribution in [0.15, 0.2) is 47.6 Å². The van der Waals surface area contributed by atoms with Crippen LogP contribution >= 0.6 is 0 Å². The van der Waals surface area contributed by atoms with E-state index < -0.39 is 0 Å². The Morgan fingerprint density at radius 2 is 1.79 bits per heavy atom. The smallest absolute Gasteiger partial charge is 0.0583 e. The molecule has 0 radical (unpaired) electrons. The molecule has 3 unspecified atom stereocenters. The normalized spacial score (nSPS) is 38.2. The quantitative estimate of drug-likeness (QED) is 0.473. The molecule has 0 aliphatic heterocycles. The molecule has 1 heteroatoms. The molecular weight excluding hydrogens is 352 g/mol. The monoisotopic (exact) mass is 396 g/mol. The van der Waals surface area contributed by atoms with E-state index in [0.29, 0.717) is 17.3 Å². The second kappa shape index (κ2) is 9.38. The van der Waals surface area contributed by atoms with Crippen LogP contribution in [-0.4, -0.2) is 11.2 Å². The fourth-order valence-corrected chi connectivity index (χ4v) is 6.25. The van der Waals surface area contributed by atoms with Crippen molar-refractivity contribution in [1.29, 1.82) is 0 Å². The van der Waals surface area contributed by atoms with E-state index in [-0.39, 0.29) is 6.10 Å². The summed E-state index contributed by atoms with van der Waals surface area (Å²) in [5.74, 6) is 3.58. The third-order valence-electron chi connectivity index (χ3n) is 8.63. The van der Waals surface area contributed by atoms with Crippen LogP contribution in [0.3, 0.4) is 0 Å². The lowest BCUT2D eigenvalue weighted by molar-refractivity contribution is 0.112. The summed E-state index contributed by atoms with van der Waals surface area (Å²) in [7, 11) is 0. The molecule has 0 aromatic rings. The zero-order chi connectivity index (χ0) is 21.2. The Kier molecular flexibility index (Phi) is 7.31. The molecule has 3 saturated carbocycles. The molecule has 3 aliphatic carbocycles. The summed E-state index contributed by atoms with van der Waals surface area (Å²) in [5.41, 5.74) is 4.61. The highest BCUT2D eigenvalue weighted by Crippen LogP contribution is 2.59. The largest absolute Gasteiger partial charge is 0.393 e. The highest BCUT2D eigenvalue weighted by molar-refractivity contribution is 5.36. The molecule has 0 bridgehead atoms. The van der Waals surface area contributed by atoms with Gasteiger partial charge in [-0.2, -0.15) is 0 Å². The van der Waals surface area contributed by atoms with Crippen molar-refractivity contribution in [2.45, 2.75) is 92.1 Å². The third-order valence-corrected chi connectivity index (χ3v) is 8.63. The summed E-state index contributed by atoms with van der Waals surface area (Å²) in [4.78, 5) is 0. The van der Waals surface area contributed by atoms with Crippen molar-refractivity contribution in [3.8, 4) is 0 Å². The van der Waals surface area contributed by atoms with Crippen molar-refractivity contribution >= 4 is 0 Å². The summed E-state index contributed by atoms with van der Waals surface area (Å²) in [6.07, 6.45) is 18.8. The summed E-state index contributed by atoms with van der Waals surface area (Å²) in [6, 6.07) is 0. The maximum Gasteiger partial charge on any atom is 0.0583 e. The van der Waals surface area contributed by atoms with Gasteiger partial charge >= 0.3 is 0 Å². The third kappa shape index (κ3) is 4.98. The van der Waals surface area contributed by atoms with Crippen LogP contribution in [0.5, 0.6) is 0 Å². The van der Waals surface area contributed by atoms with Gasteiger partial charge in [-0.1, -0.05) is 76.6 Å². The molecule has 1 N–H and O–H groups in total. The van der Waals surface area contributed by atoms with Crippen molar-refractivity contribution in [2.75, 3.05) is 0 Å². The molecule has 1 nitrogen and oxygen atoms in total. The van der Waals surface area contributed by atoms with Crippen LogP contribution in [0.1, 0.15) is 86.0 Å². The van der Waals surface area contributed by atoms with Crippen LogP contribution in [0.4, 0.5) is 0 Å². The summed E-state index contributed by atoms with van der Waals surface area (Å²) in [5, 5.41) is 10.0. The molecule has 6 atom stereocenters. The average Bonchev–Trinajstić information content (AvgIpc) is 3.04. The average molecular weight is 397 g/mol. The second-order valence-corrected chi connectivity index (χ2v) is 10.9. The molecule has 0 amide bonds. The van der Waals surface area contributed by atoms with Crippen molar-refractivity contribution < 1.29 is 5.11 Å². The van der Waals surface area contributed by atoms with Gasteiger partial charge in [0.2, 0.25) is 0 Å². The molecule has 0 aromatic heterocycles. The minimum absolute atomic E-state index is 0.182. The minimum atomic E-state index is -0.182. The fraction of sp³-hybridized carbons (Fsp3) is 0.714. The molecule has 3 aliphatic rings. The maximum atomic E-state index is 10.0. The highest BCUT2D eigenvalue weighted by atomic mass is 16.3. The topological polar surface area (TPSA) is 20.2 Å². The first-order chi connectivity index (χ1) is 13.7. The Balaban J connectivity index is 1.75. The van der Waals surface area contributed by atoms with Gasteiger partial charge < -0.3 is 5.11 Å². The van der Waals surface area contributed by atoms with Gasteiger partial charge in [0.05, 0.1) is 6.10 Å². The van der Waals surface area contributed by atoms with Crippen LogP contribution < -0.4 is 0 Å². The van der Waals surface area contributed by atoms with E-state index in [0.717, 1.165) is 37.0 Å². The Bertz CT molecular complexity index is 678. The molecule has 0 heterocycles. The van der Waals surface area contributed by atoms with Crippen molar-refractivity contribution in [2.24, 2.45) is 35.0 Å². The predicted octanol–water partition coefficient (Wildman–Crippen LogP) is 7.64. The van der Waals surface area contributed by atoms with E-state index in [1.165, 1.54) is 43.3 Å². The number of rotatable bonds is 5. The van der Waals surface area contributed by atoms with E-state index in [1.54, 1.807) is 5.57 Å². The summed E-state index contributed by atoms with van der Waals surface area (Å²) in [6.45, 7) is 16.3. The predicted molar refractivity (Wildman–Crippen MR) is 126 cm³/mol. The van der Waals surface area contributed by atoms with E-state index in [1.807, 2.05) is 0 Å². The Labute approximate surface area is 180 Å². The van der Waals surface area contributed by atoms with E-state index in [9.17, 15) is 5.11 Å². The van der Waals surface area contributed by atoms with E-state index in [4.69, 9.17) is 0 Å². The first-order valence-corrected chi connectivity index (χ1v) is 12.2. The SMILES string of the molecule is C=C1CC[C@H](O)CC1=CC=C1CCCC2(C)C1CCC2[C@H](C)C=C[C@H](C)C(C)C. The number of aliphatic hydroxyl groups excluding tert-OH is 1.